The van der Waals surface area contributed by atoms with E-state index in [4.69, 9.17) is 40.0 Å². The van der Waals surface area contributed by atoms with Gasteiger partial charge in [-0.05, 0) is 178 Å². The highest BCUT2D eigenvalue weighted by atomic mass is 35.5. The van der Waals surface area contributed by atoms with Crippen molar-refractivity contribution in [3.05, 3.63) is 113 Å². The second-order valence-electron chi connectivity index (χ2n) is 36.8. The average Bonchev–Trinajstić information content (AvgIpc) is 1.57. The Kier molecular flexibility index (Phi) is 27.7. The number of nitrogens with one attached hydrogen (secondary N) is 5. The van der Waals surface area contributed by atoms with E-state index in [1.807, 2.05) is 0 Å². The minimum Gasteiger partial charge on any atom is -0.389 e. The van der Waals surface area contributed by atoms with Crippen LogP contribution in [0.4, 0.5) is 4.39 Å². The minimum absolute atomic E-state index is 0.124. The molecule has 12 N–H and O–H groups in total. The number of nitrogens with zero attached hydrogens (tertiary/aromatic N) is 15. The predicted molar refractivity (Wildman–Crippen MR) is 485 cm³/mol. The fourth-order valence-electron chi connectivity index (χ4n) is 15.6. The molecule has 6 aliphatic heterocycles. The molecule has 10 aromatic rings. The lowest BCUT2D eigenvalue weighted by Gasteiger charge is -2.32. The molecule has 10 aromatic heterocycles. The number of fused-ring (bicyclic) bond motifs is 7. The first kappa shape index (κ1) is 95.1. The third kappa shape index (κ3) is 20.7. The second kappa shape index (κ2) is 35.9. The molecule has 16 rings (SSSR count). The molecule has 6 fully saturated rings. The van der Waals surface area contributed by atoms with Gasteiger partial charge in [0.15, 0.2) is 93.1 Å². The molecule has 20 atom stereocenters. The van der Waals surface area contributed by atoms with Gasteiger partial charge >= 0.3 is 0 Å². The molecule has 0 aliphatic carbocycles. The van der Waals surface area contributed by atoms with Gasteiger partial charge in [0.2, 0.25) is 0 Å². The topological polar surface area (TPSA) is 515 Å². The van der Waals surface area contributed by atoms with Crippen LogP contribution in [0.3, 0.4) is 0 Å². The van der Waals surface area contributed by atoms with Crippen molar-refractivity contribution in [2.24, 2.45) is 0 Å². The highest BCUT2D eigenvalue weighted by molar-refractivity contribution is 7.73. The van der Waals surface area contributed by atoms with Crippen molar-refractivity contribution in [3.8, 4) is 0 Å². The van der Waals surface area contributed by atoms with Crippen molar-refractivity contribution in [1.82, 2.24) is 97.6 Å². The number of aryl methyl sites for hydroxylation is 5. The molecule has 2 bridgehead atoms. The summed E-state index contributed by atoms with van der Waals surface area (Å²) >= 11 is 6.40. The van der Waals surface area contributed by atoms with Crippen LogP contribution in [-0.2, 0) is 28.4 Å². The highest BCUT2D eigenvalue weighted by Gasteiger charge is 2.62. The Morgan fingerprint density at radius 3 is 1.17 bits per heavy atom. The first-order valence-corrected chi connectivity index (χ1v) is 55.8. The van der Waals surface area contributed by atoms with Crippen LogP contribution in [0.5, 0.6) is 0 Å². The first-order chi connectivity index (χ1) is 57.1. The Bertz CT molecular complexity index is 5910. The van der Waals surface area contributed by atoms with Gasteiger partial charge in [-0.1, -0.05) is 0 Å². The van der Waals surface area contributed by atoms with Gasteiger partial charge < -0.3 is 89.1 Å². The van der Waals surface area contributed by atoms with Crippen LogP contribution in [-0.4, -0.2) is 358 Å². The monoisotopic (exact) mass is 1830 g/mol. The number of aromatic nitrogens is 20. The van der Waals surface area contributed by atoms with E-state index in [2.05, 4.69) is 173 Å². The number of imidazole rings is 5. The number of aliphatic hydroxyl groups is 7. The number of halogens is 2. The van der Waals surface area contributed by atoms with Crippen LogP contribution in [0.1, 0.15) is 106 Å². The Morgan fingerprint density at radius 1 is 0.439 bits per heavy atom. The Morgan fingerprint density at radius 2 is 0.772 bits per heavy atom. The zero-order valence-corrected chi connectivity index (χ0v) is 77.6. The van der Waals surface area contributed by atoms with Crippen molar-refractivity contribution in [3.63, 3.8) is 0 Å². The SMILES string of the molecule is C=P(C)(C)CC[C@@]1(C)O[C@@H](n2cnc3c(=O)[nH]c(C)nc32)[C@H](O)[C@@H]1O.C=P(C)(C)CC[C@@]12CO[C@@H]([C@H](n3cnc4c(=O)[nH]c(C)nc43)O1)[C@@H]2O.C=P(C)(C)CC[C@H]1O[C@@H](n2cnc3c(=O)[nH]c(C)nc32)[C@@](C)(O)[C@@H]1O.C=P(C)(C)CC[C@H]1O[C@@H](n2cnc3c(=O)[nH]c(C)nc32)[C@H](Cl)[C@@H]1O.C=P(C)(C)CC[C@H]1O[C@@H](n2cnc3c(=O)[nH]c(C)nc32)[C@H](F)[C@@H]1O. The van der Waals surface area contributed by atoms with Crippen molar-refractivity contribution < 1.29 is 68.6 Å². The van der Waals surface area contributed by atoms with Crippen LogP contribution in [0.15, 0.2) is 55.6 Å². The van der Waals surface area contributed by atoms with Crippen molar-refractivity contribution in [2.75, 3.05) is 104 Å². The summed E-state index contributed by atoms with van der Waals surface area (Å²) < 4.78 is 58.2. The van der Waals surface area contributed by atoms with Crippen molar-refractivity contribution in [1.29, 1.82) is 0 Å². The number of hydrogen-bond acceptors (Lipinski definition) is 28. The fraction of sp³-hybridized carbons (Fsp3) is 0.615. The van der Waals surface area contributed by atoms with Crippen LogP contribution in [0.2, 0.25) is 0 Å². The van der Waals surface area contributed by atoms with Gasteiger partial charge in [0.25, 0.3) is 27.8 Å². The summed E-state index contributed by atoms with van der Waals surface area (Å²) in [5.41, 5.74) is -2.11. The largest absolute Gasteiger partial charge is 0.389 e. The molecule has 676 valence electrons. The van der Waals surface area contributed by atoms with Gasteiger partial charge in [0.1, 0.15) is 88.4 Å². The summed E-state index contributed by atoms with van der Waals surface area (Å²) in [4.78, 5) is 115. The summed E-state index contributed by atoms with van der Waals surface area (Å²) in [7, 11) is 0. The van der Waals surface area contributed by atoms with Gasteiger partial charge in [-0.2, -0.15) is 0 Å². The van der Waals surface area contributed by atoms with E-state index in [-0.39, 0.29) is 67.1 Å². The Balaban J connectivity index is 0.000000140. The van der Waals surface area contributed by atoms with Crippen molar-refractivity contribution in [2.45, 2.75) is 201 Å². The molecule has 0 saturated carbocycles. The van der Waals surface area contributed by atoms with Crippen molar-refractivity contribution >= 4 is 133 Å². The normalized spacial score (nSPS) is 29.7. The lowest BCUT2D eigenvalue weighted by Crippen LogP contribution is -2.43. The zero-order chi connectivity index (χ0) is 90.4. The van der Waals surface area contributed by atoms with E-state index >= 15 is 0 Å². The molecule has 38 nitrogen and oxygen atoms in total. The summed E-state index contributed by atoms with van der Waals surface area (Å²) in [6.45, 7) is 27.1. The zero-order valence-electron chi connectivity index (χ0n) is 72.3. The average molecular weight is 1830 g/mol. The van der Waals surface area contributed by atoms with E-state index in [1.165, 1.54) is 52.3 Å². The molecule has 16 heterocycles. The lowest BCUT2D eigenvalue weighted by molar-refractivity contribution is -0.172. The number of alkyl halides is 2. The predicted octanol–water partition coefficient (Wildman–Crippen LogP) is 4.14. The standard InChI is InChI=1S/C16H23N4O4P.2C16H25N4O4P.C15H22ClN4O3P.C15H22FN4O3P/c1-9-18-13-10(14(22)19-9)17-8-20(13)15-11-12(21)16(24-15,7-23-11)5-6-25(2,3)4;1-9-18-13-10(14(23)19-9)17-8-20(13)15-11(21)12(22)16(2,24-15)6-7-25(3,4)5;1-9-18-13-11(14(22)19-9)17-8-20(13)15-16(2,23)12(21)10(24-15)6-7-25(3,4)5;2*1-8-18-13-11(14(22)19-8)17-7-20(13)15-10(16)12(21)9(23-15)5-6-24(2,3)4/h8,11-12,15,21H,2,5-7H2,1,3-4H3,(H,18,19,22);8,11-12,15,21-22H,3,6-7H2,1-2,4-5H3,(H,18,19,23);8,10,12,15,21,23H,3,6-7H2,1-2,4-5H3,(H,18,19,22);2*7,9-10,12,15,21H,2,5-6H2,1,3-4H3,(H,18,19,22)/t11-,12+,15-,16+;11-,12+,15-,16-;10-,12-,15-,16+;2*9-,10-,12-,15-/m11111/s1. The lowest BCUT2D eigenvalue weighted by atomic mass is 9.95. The third-order valence-corrected chi connectivity index (χ3v) is 30.2. The maximum absolute atomic E-state index is 14.6. The molecule has 0 aromatic carbocycles. The summed E-state index contributed by atoms with van der Waals surface area (Å²) in [5.74, 6) is 2.28. The van der Waals surface area contributed by atoms with Crippen LogP contribution < -0.4 is 27.8 Å². The quantitative estimate of drug-likeness (QED) is 0.0377. The van der Waals surface area contributed by atoms with Gasteiger partial charge in [-0.25, -0.2) is 54.2 Å². The van der Waals surface area contributed by atoms with E-state index in [9.17, 15) is 64.1 Å². The van der Waals surface area contributed by atoms with E-state index in [0.29, 0.717) is 90.4 Å². The van der Waals surface area contributed by atoms with Crippen LogP contribution in [0, 0.1) is 34.6 Å². The molecule has 45 heteroatoms. The molecular formula is C78H117ClFN20O18P5. The third-order valence-electron chi connectivity index (χ3n) is 22.5. The van der Waals surface area contributed by atoms with E-state index in [1.54, 1.807) is 50.7 Å². The fourth-order valence-corrected chi connectivity index (χ4v) is 20.8. The van der Waals surface area contributed by atoms with Gasteiger partial charge in [0.05, 0.1) is 62.2 Å². The smallest absolute Gasteiger partial charge is 0.279 e. The number of hydrogen-bond donors (Lipinski definition) is 12. The van der Waals surface area contributed by atoms with Gasteiger partial charge in [-0.15, -0.1) is 77.5 Å². The van der Waals surface area contributed by atoms with Crippen LogP contribution in [0.25, 0.3) is 55.8 Å². The number of aliphatic hydroxyl groups excluding tert-OH is 6. The van der Waals surface area contributed by atoms with E-state index < -0.39 is 149 Å². The highest BCUT2D eigenvalue weighted by Crippen LogP contribution is 2.52. The molecule has 0 amide bonds. The summed E-state index contributed by atoms with van der Waals surface area (Å²) in [6.07, 6.45) is 22.0. The minimum atomic E-state index is -1.61. The second-order valence-corrected chi connectivity index (χ2v) is 58.9. The maximum Gasteiger partial charge on any atom is 0.279 e. The number of H-pyrrole nitrogens is 5. The Labute approximate surface area is 713 Å². The van der Waals surface area contributed by atoms with Gasteiger partial charge in [0, 0.05) is 0 Å². The Hall–Kier alpha value is -7.05. The summed E-state index contributed by atoms with van der Waals surface area (Å²) in [5, 5.41) is 73.2. The number of ether oxygens (including phenoxy) is 6. The first-order valence-electron chi connectivity index (χ1n) is 40.1. The van der Waals surface area contributed by atoms with Crippen LogP contribution >= 0.6 is 46.0 Å². The number of rotatable bonds is 20. The molecule has 123 heavy (non-hydrogen) atoms. The molecule has 0 radical (unpaired) electrons. The van der Waals surface area contributed by atoms with Gasteiger partial charge in [-0.3, -0.25) is 46.8 Å². The molecule has 0 spiro atoms. The van der Waals surface area contributed by atoms with E-state index in [0.717, 1.165) is 30.8 Å². The maximum atomic E-state index is 14.6. The molecule has 0 unspecified atom stereocenters. The molecule has 6 saturated heterocycles. The molecular weight excluding hydrogens is 1710 g/mol. The summed E-state index contributed by atoms with van der Waals surface area (Å²) in [6, 6.07) is 0. The molecule has 6 aliphatic rings. The number of aromatic amines is 5.